The van der Waals surface area contributed by atoms with Crippen molar-refractivity contribution in [2.45, 2.75) is 19.9 Å². The fraction of sp³-hybridized carbons (Fsp3) is 0.350. The summed E-state index contributed by atoms with van der Waals surface area (Å²) in [5, 5.41) is 11.4. The van der Waals surface area contributed by atoms with Crippen molar-refractivity contribution in [1.82, 2.24) is 9.80 Å². The Morgan fingerprint density at radius 2 is 1.81 bits per heavy atom. The predicted octanol–water partition coefficient (Wildman–Crippen LogP) is 3.25. The molecule has 0 aliphatic carbocycles. The predicted molar refractivity (Wildman–Crippen MR) is 100 cm³/mol. The minimum atomic E-state index is -0.456. The summed E-state index contributed by atoms with van der Waals surface area (Å²) in [5.74, 6) is -0.248. The van der Waals surface area contributed by atoms with E-state index in [1.807, 2.05) is 18.2 Å². The first kappa shape index (κ1) is 18.1. The van der Waals surface area contributed by atoms with Crippen LogP contribution in [0.3, 0.4) is 0 Å². The first-order valence-electron chi connectivity index (χ1n) is 8.86. The van der Waals surface area contributed by atoms with E-state index in [9.17, 15) is 14.9 Å². The summed E-state index contributed by atoms with van der Waals surface area (Å²) >= 11 is 0. The Bertz CT molecular complexity index is 792. The van der Waals surface area contributed by atoms with E-state index in [0.717, 1.165) is 26.1 Å². The highest BCUT2D eigenvalue weighted by Crippen LogP contribution is 2.25. The Morgan fingerprint density at radius 3 is 2.54 bits per heavy atom. The van der Waals surface area contributed by atoms with Gasteiger partial charge in [-0.25, -0.2) is 0 Å². The number of nitrogens with zero attached hydrogens (tertiary/aromatic N) is 3. The minimum Gasteiger partial charge on any atom is -0.337 e. The van der Waals surface area contributed by atoms with Gasteiger partial charge in [-0.3, -0.25) is 19.8 Å². The fourth-order valence-corrected chi connectivity index (χ4v) is 3.42. The summed E-state index contributed by atoms with van der Waals surface area (Å²) in [6, 6.07) is 15.2. The number of amides is 1. The van der Waals surface area contributed by atoms with E-state index >= 15 is 0 Å². The van der Waals surface area contributed by atoms with Gasteiger partial charge in [0.15, 0.2) is 0 Å². The smallest absolute Gasteiger partial charge is 0.285 e. The number of carbonyl (C=O) groups is 1. The van der Waals surface area contributed by atoms with Crippen LogP contribution >= 0.6 is 0 Å². The van der Waals surface area contributed by atoms with Crippen molar-refractivity contribution in [3.8, 4) is 0 Å². The molecule has 1 amide bonds. The molecule has 1 fully saturated rings. The van der Waals surface area contributed by atoms with Crippen molar-refractivity contribution < 1.29 is 9.72 Å². The molecular formula is C20H23N3O3. The zero-order valence-electron chi connectivity index (χ0n) is 14.9. The second-order valence-electron chi connectivity index (χ2n) is 6.64. The van der Waals surface area contributed by atoms with Gasteiger partial charge in [-0.2, -0.15) is 0 Å². The van der Waals surface area contributed by atoms with E-state index in [2.05, 4.69) is 17.0 Å². The molecule has 136 valence electrons. The van der Waals surface area contributed by atoms with E-state index in [1.165, 1.54) is 5.56 Å². The Morgan fingerprint density at radius 1 is 1.04 bits per heavy atom. The van der Waals surface area contributed by atoms with Crippen LogP contribution in [-0.4, -0.2) is 46.8 Å². The van der Waals surface area contributed by atoms with Gasteiger partial charge in [-0.15, -0.1) is 0 Å². The normalized spacial score (nSPS) is 15.5. The summed E-state index contributed by atoms with van der Waals surface area (Å²) in [6.07, 6.45) is 0.859. The van der Waals surface area contributed by atoms with Crippen LogP contribution in [-0.2, 0) is 6.54 Å². The molecule has 1 aliphatic heterocycles. The molecule has 6 nitrogen and oxygen atoms in total. The monoisotopic (exact) mass is 353 g/mol. The molecule has 0 radical (unpaired) electrons. The van der Waals surface area contributed by atoms with Crippen molar-refractivity contribution in [3.05, 3.63) is 75.3 Å². The summed E-state index contributed by atoms with van der Waals surface area (Å²) < 4.78 is 0. The minimum absolute atomic E-state index is 0.0807. The molecule has 0 spiro atoms. The Hall–Kier alpha value is -2.73. The van der Waals surface area contributed by atoms with Crippen LogP contribution < -0.4 is 0 Å². The van der Waals surface area contributed by atoms with Gasteiger partial charge >= 0.3 is 0 Å². The fourth-order valence-electron chi connectivity index (χ4n) is 3.42. The third-order valence-electron chi connectivity index (χ3n) is 4.78. The Balaban J connectivity index is 1.70. The molecule has 26 heavy (non-hydrogen) atoms. The highest BCUT2D eigenvalue weighted by Gasteiger charge is 2.27. The van der Waals surface area contributed by atoms with Crippen LogP contribution in [0.5, 0.6) is 0 Å². The number of nitro benzene ring substituents is 1. The van der Waals surface area contributed by atoms with Crippen molar-refractivity contribution in [3.63, 3.8) is 0 Å². The second kappa shape index (κ2) is 8.10. The number of hydrogen-bond donors (Lipinski definition) is 0. The average molecular weight is 353 g/mol. The van der Waals surface area contributed by atoms with Gasteiger partial charge < -0.3 is 4.90 Å². The standard InChI is InChI=1S/C20H23N3O3/c1-16-7-5-10-18(19(16)23(25)26)20(24)22-12-6-11-21(13-14-22)15-17-8-3-2-4-9-17/h2-5,7-10H,6,11-15H2,1H3. The lowest BCUT2D eigenvalue weighted by atomic mass is 10.1. The van der Waals surface area contributed by atoms with Crippen LogP contribution in [0.25, 0.3) is 0 Å². The zero-order chi connectivity index (χ0) is 18.5. The highest BCUT2D eigenvalue weighted by molar-refractivity contribution is 5.98. The number of para-hydroxylation sites is 1. The largest absolute Gasteiger partial charge is 0.337 e. The van der Waals surface area contributed by atoms with Gasteiger partial charge in [0, 0.05) is 38.3 Å². The summed E-state index contributed by atoms with van der Waals surface area (Å²) in [6.45, 7) is 5.40. The third kappa shape index (κ3) is 4.08. The SMILES string of the molecule is Cc1cccc(C(=O)N2CCCN(Cc3ccccc3)CC2)c1[N+](=O)[O-]. The topological polar surface area (TPSA) is 66.7 Å². The highest BCUT2D eigenvalue weighted by atomic mass is 16.6. The average Bonchev–Trinajstić information content (AvgIpc) is 2.87. The summed E-state index contributed by atoms with van der Waals surface area (Å²) in [7, 11) is 0. The molecule has 6 heteroatoms. The number of benzene rings is 2. The number of carbonyl (C=O) groups excluding carboxylic acids is 1. The van der Waals surface area contributed by atoms with Crippen molar-refractivity contribution in [2.24, 2.45) is 0 Å². The van der Waals surface area contributed by atoms with Crippen LogP contribution in [0.2, 0.25) is 0 Å². The van der Waals surface area contributed by atoms with E-state index in [0.29, 0.717) is 18.7 Å². The Labute approximate surface area is 153 Å². The van der Waals surface area contributed by atoms with Gasteiger partial charge in [0.2, 0.25) is 0 Å². The molecular weight excluding hydrogens is 330 g/mol. The van der Waals surface area contributed by atoms with Crippen molar-refractivity contribution in [2.75, 3.05) is 26.2 Å². The molecule has 3 rings (SSSR count). The van der Waals surface area contributed by atoms with E-state index in [4.69, 9.17) is 0 Å². The zero-order valence-corrected chi connectivity index (χ0v) is 14.9. The van der Waals surface area contributed by atoms with Crippen molar-refractivity contribution >= 4 is 11.6 Å². The quantitative estimate of drug-likeness (QED) is 0.625. The van der Waals surface area contributed by atoms with E-state index in [-0.39, 0.29) is 17.2 Å². The number of hydrogen-bond acceptors (Lipinski definition) is 4. The summed E-state index contributed by atoms with van der Waals surface area (Å²) in [5.41, 5.74) is 1.87. The number of aryl methyl sites for hydroxylation is 1. The molecule has 1 heterocycles. The Kier molecular flexibility index (Phi) is 5.63. The van der Waals surface area contributed by atoms with Gasteiger partial charge in [-0.1, -0.05) is 42.5 Å². The van der Waals surface area contributed by atoms with E-state index < -0.39 is 4.92 Å². The molecule has 0 N–H and O–H groups in total. The molecule has 1 saturated heterocycles. The lowest BCUT2D eigenvalue weighted by Crippen LogP contribution is -2.35. The molecule has 0 bridgehead atoms. The van der Waals surface area contributed by atoms with Gasteiger partial charge in [0.05, 0.1) is 4.92 Å². The molecule has 2 aromatic carbocycles. The van der Waals surface area contributed by atoms with Gasteiger partial charge in [-0.05, 0) is 25.0 Å². The van der Waals surface area contributed by atoms with Crippen molar-refractivity contribution in [1.29, 1.82) is 0 Å². The lowest BCUT2D eigenvalue weighted by molar-refractivity contribution is -0.385. The van der Waals surface area contributed by atoms with Gasteiger partial charge in [0.25, 0.3) is 11.6 Å². The number of nitro groups is 1. The maximum absolute atomic E-state index is 12.9. The molecule has 2 aromatic rings. The first-order chi connectivity index (χ1) is 12.6. The lowest BCUT2D eigenvalue weighted by Gasteiger charge is -2.22. The second-order valence-corrected chi connectivity index (χ2v) is 6.64. The molecule has 0 unspecified atom stereocenters. The van der Waals surface area contributed by atoms with E-state index in [1.54, 1.807) is 30.0 Å². The van der Waals surface area contributed by atoms with Crippen LogP contribution in [0, 0.1) is 17.0 Å². The number of rotatable bonds is 4. The maximum Gasteiger partial charge on any atom is 0.285 e. The van der Waals surface area contributed by atoms with Gasteiger partial charge in [0.1, 0.15) is 5.56 Å². The first-order valence-corrected chi connectivity index (χ1v) is 8.86. The van der Waals surface area contributed by atoms with Crippen LogP contribution in [0.15, 0.2) is 48.5 Å². The molecule has 0 aromatic heterocycles. The van der Waals surface area contributed by atoms with Crippen LogP contribution in [0.1, 0.15) is 27.9 Å². The third-order valence-corrected chi connectivity index (χ3v) is 4.78. The molecule has 0 saturated carbocycles. The molecule has 0 atom stereocenters. The summed E-state index contributed by atoms with van der Waals surface area (Å²) in [4.78, 5) is 27.9. The van der Waals surface area contributed by atoms with Crippen LogP contribution in [0.4, 0.5) is 5.69 Å². The maximum atomic E-state index is 12.9. The molecule has 1 aliphatic rings.